The Kier molecular flexibility index (Phi) is 4.18. The van der Waals surface area contributed by atoms with Crippen LogP contribution < -0.4 is 5.73 Å². The lowest BCUT2D eigenvalue weighted by Gasteiger charge is -2.13. The summed E-state index contributed by atoms with van der Waals surface area (Å²) in [5, 5.41) is 0. The molecule has 3 aromatic rings. The van der Waals surface area contributed by atoms with Crippen LogP contribution in [-0.4, -0.2) is 16.5 Å². The van der Waals surface area contributed by atoms with E-state index in [0.717, 1.165) is 23.3 Å². The molecular formula is C21H23N3. The number of imidazole rings is 1. The van der Waals surface area contributed by atoms with Gasteiger partial charge in [-0.3, -0.25) is 0 Å². The van der Waals surface area contributed by atoms with Gasteiger partial charge in [-0.1, -0.05) is 42.5 Å². The van der Waals surface area contributed by atoms with E-state index in [1.54, 1.807) is 0 Å². The average Bonchev–Trinajstić information content (AvgIpc) is 3.05. The van der Waals surface area contributed by atoms with Gasteiger partial charge in [-0.2, -0.15) is 0 Å². The molecule has 0 saturated heterocycles. The van der Waals surface area contributed by atoms with Crippen molar-refractivity contribution in [3.05, 3.63) is 59.9 Å². The highest BCUT2D eigenvalue weighted by molar-refractivity contribution is 5.92. The number of nitrogens with zero attached hydrogens (tertiary/aromatic N) is 1. The number of hydrogen-bond acceptors (Lipinski definition) is 2. The van der Waals surface area contributed by atoms with Gasteiger partial charge in [0.15, 0.2) is 0 Å². The molecule has 0 radical (unpaired) electrons. The highest BCUT2D eigenvalue weighted by Crippen LogP contribution is 2.31. The predicted molar refractivity (Wildman–Crippen MR) is 101 cm³/mol. The molecule has 0 bridgehead atoms. The number of aromatic amines is 1. The Labute approximate surface area is 142 Å². The molecule has 122 valence electrons. The van der Waals surface area contributed by atoms with Crippen molar-refractivity contribution in [1.82, 2.24) is 9.97 Å². The first-order valence-corrected chi connectivity index (χ1v) is 8.82. The highest BCUT2D eigenvalue weighted by Gasteiger charge is 2.10. The van der Waals surface area contributed by atoms with Crippen LogP contribution in [0.25, 0.3) is 27.7 Å². The Morgan fingerprint density at radius 2 is 1.83 bits per heavy atom. The number of aromatic nitrogens is 2. The summed E-state index contributed by atoms with van der Waals surface area (Å²) in [6, 6.07) is 15.2. The molecule has 0 atom stereocenters. The van der Waals surface area contributed by atoms with Crippen molar-refractivity contribution in [2.75, 3.05) is 6.54 Å². The molecule has 3 nitrogen and oxygen atoms in total. The Morgan fingerprint density at radius 1 is 1.00 bits per heavy atom. The lowest BCUT2D eigenvalue weighted by molar-refractivity contribution is 0.742. The predicted octanol–water partition coefficient (Wildman–Crippen LogP) is 4.69. The van der Waals surface area contributed by atoms with E-state index < -0.39 is 0 Å². The summed E-state index contributed by atoms with van der Waals surface area (Å²) in [6.45, 7) is 0.610. The van der Waals surface area contributed by atoms with Gasteiger partial charge in [0.05, 0.1) is 11.0 Å². The number of fused-ring (bicyclic) bond motifs is 1. The minimum atomic E-state index is 0.610. The fourth-order valence-corrected chi connectivity index (χ4v) is 3.54. The average molecular weight is 317 g/mol. The molecule has 1 heterocycles. The number of nitrogens with two attached hydrogens (primary N) is 1. The minimum absolute atomic E-state index is 0.610. The van der Waals surface area contributed by atoms with Crippen molar-refractivity contribution in [1.29, 1.82) is 0 Å². The quantitative estimate of drug-likeness (QED) is 0.733. The summed E-state index contributed by atoms with van der Waals surface area (Å²) >= 11 is 0. The zero-order valence-electron chi connectivity index (χ0n) is 13.9. The number of H-pyrrole nitrogens is 1. The van der Waals surface area contributed by atoms with Gasteiger partial charge in [0.2, 0.25) is 0 Å². The number of benzene rings is 2. The zero-order valence-corrected chi connectivity index (χ0v) is 13.9. The standard InChI is InChI=1S/C21H23N3/c22-14-13-20-23-19-8-4-7-18(21(19)24-20)17-11-9-16(10-12-17)15-5-2-1-3-6-15/h4-5,7-12H,1-3,6,13-14,22H2,(H,23,24). The summed E-state index contributed by atoms with van der Waals surface area (Å²) in [5.74, 6) is 0.962. The summed E-state index contributed by atoms with van der Waals surface area (Å²) in [6.07, 6.45) is 8.23. The van der Waals surface area contributed by atoms with Gasteiger partial charge < -0.3 is 10.7 Å². The van der Waals surface area contributed by atoms with Crippen LogP contribution in [-0.2, 0) is 6.42 Å². The van der Waals surface area contributed by atoms with E-state index in [1.165, 1.54) is 47.9 Å². The van der Waals surface area contributed by atoms with E-state index in [-0.39, 0.29) is 0 Å². The van der Waals surface area contributed by atoms with Gasteiger partial charge in [-0.25, -0.2) is 4.98 Å². The van der Waals surface area contributed by atoms with Crippen molar-refractivity contribution in [3.8, 4) is 11.1 Å². The van der Waals surface area contributed by atoms with Gasteiger partial charge in [0.25, 0.3) is 0 Å². The number of nitrogens with one attached hydrogen (secondary N) is 1. The maximum atomic E-state index is 5.65. The van der Waals surface area contributed by atoms with E-state index in [9.17, 15) is 0 Å². The Bertz CT molecular complexity index is 872. The third kappa shape index (κ3) is 2.87. The number of para-hydroxylation sites is 1. The van der Waals surface area contributed by atoms with Crippen molar-refractivity contribution >= 4 is 16.6 Å². The third-order valence-electron chi connectivity index (χ3n) is 4.80. The molecule has 0 fully saturated rings. The maximum Gasteiger partial charge on any atom is 0.108 e. The van der Waals surface area contributed by atoms with Crippen LogP contribution >= 0.6 is 0 Å². The summed E-state index contributed by atoms with van der Waals surface area (Å²) in [7, 11) is 0. The molecule has 4 rings (SSSR count). The largest absolute Gasteiger partial charge is 0.342 e. The smallest absolute Gasteiger partial charge is 0.108 e. The first kappa shape index (κ1) is 15.2. The van der Waals surface area contributed by atoms with Crippen LogP contribution in [0, 0.1) is 0 Å². The van der Waals surface area contributed by atoms with Crippen molar-refractivity contribution in [2.45, 2.75) is 32.1 Å². The monoisotopic (exact) mass is 317 g/mol. The molecule has 3 heteroatoms. The van der Waals surface area contributed by atoms with Gasteiger partial charge in [-0.05, 0) is 55.0 Å². The van der Waals surface area contributed by atoms with Crippen LogP contribution in [0.2, 0.25) is 0 Å². The van der Waals surface area contributed by atoms with E-state index >= 15 is 0 Å². The zero-order chi connectivity index (χ0) is 16.4. The molecule has 0 spiro atoms. The molecule has 2 aromatic carbocycles. The van der Waals surface area contributed by atoms with Crippen molar-refractivity contribution in [3.63, 3.8) is 0 Å². The maximum absolute atomic E-state index is 5.65. The van der Waals surface area contributed by atoms with E-state index in [0.29, 0.717) is 6.54 Å². The van der Waals surface area contributed by atoms with Gasteiger partial charge in [0, 0.05) is 12.0 Å². The van der Waals surface area contributed by atoms with Crippen LogP contribution in [0.3, 0.4) is 0 Å². The number of hydrogen-bond donors (Lipinski definition) is 2. The highest BCUT2D eigenvalue weighted by atomic mass is 14.9. The van der Waals surface area contributed by atoms with E-state index in [4.69, 9.17) is 10.7 Å². The number of rotatable bonds is 4. The second-order valence-corrected chi connectivity index (χ2v) is 6.48. The van der Waals surface area contributed by atoms with Crippen LogP contribution in [0.4, 0.5) is 0 Å². The van der Waals surface area contributed by atoms with Crippen molar-refractivity contribution < 1.29 is 0 Å². The van der Waals surface area contributed by atoms with Gasteiger partial charge >= 0.3 is 0 Å². The van der Waals surface area contributed by atoms with Crippen LogP contribution in [0.1, 0.15) is 37.1 Å². The van der Waals surface area contributed by atoms with Gasteiger partial charge in [-0.15, -0.1) is 0 Å². The molecule has 24 heavy (non-hydrogen) atoms. The normalized spacial score (nSPS) is 14.8. The topological polar surface area (TPSA) is 54.7 Å². The Morgan fingerprint density at radius 3 is 2.58 bits per heavy atom. The van der Waals surface area contributed by atoms with Crippen LogP contribution in [0.15, 0.2) is 48.5 Å². The van der Waals surface area contributed by atoms with E-state index in [1.807, 2.05) is 0 Å². The fraction of sp³-hybridized carbons (Fsp3) is 0.286. The molecule has 1 aliphatic carbocycles. The second-order valence-electron chi connectivity index (χ2n) is 6.48. The Balaban J connectivity index is 1.70. The summed E-state index contributed by atoms with van der Waals surface area (Å²) < 4.78 is 0. The lowest BCUT2D eigenvalue weighted by atomic mass is 9.92. The molecule has 0 unspecified atom stereocenters. The molecule has 3 N–H and O–H groups in total. The second kappa shape index (κ2) is 6.62. The lowest BCUT2D eigenvalue weighted by Crippen LogP contribution is -2.03. The SMILES string of the molecule is NCCc1nc2c(-c3ccc(C4=CCCCC4)cc3)cccc2[nH]1. The molecule has 0 aliphatic heterocycles. The summed E-state index contributed by atoms with van der Waals surface area (Å²) in [4.78, 5) is 8.11. The molecular weight excluding hydrogens is 294 g/mol. The summed E-state index contributed by atoms with van der Waals surface area (Å²) in [5.41, 5.74) is 13.0. The van der Waals surface area contributed by atoms with E-state index in [2.05, 4.69) is 53.5 Å². The third-order valence-corrected chi connectivity index (χ3v) is 4.80. The molecule has 1 aliphatic rings. The minimum Gasteiger partial charge on any atom is -0.342 e. The first-order chi connectivity index (χ1) is 11.8. The van der Waals surface area contributed by atoms with Gasteiger partial charge in [0.1, 0.15) is 5.82 Å². The molecule has 0 amide bonds. The Hall–Kier alpha value is -2.39. The molecule has 1 aromatic heterocycles. The number of allylic oxidation sites excluding steroid dienone is 2. The first-order valence-electron chi connectivity index (χ1n) is 8.82. The fourth-order valence-electron chi connectivity index (χ4n) is 3.54. The van der Waals surface area contributed by atoms with Crippen LogP contribution in [0.5, 0.6) is 0 Å². The van der Waals surface area contributed by atoms with Crippen molar-refractivity contribution in [2.24, 2.45) is 5.73 Å². The molecule has 0 saturated carbocycles.